The van der Waals surface area contributed by atoms with E-state index in [0.717, 1.165) is 30.2 Å². The van der Waals surface area contributed by atoms with E-state index in [-0.39, 0.29) is 11.7 Å². The number of anilines is 2. The number of hydrogen-bond acceptors (Lipinski definition) is 5. The second-order valence-corrected chi connectivity index (χ2v) is 6.69. The molecule has 0 aliphatic carbocycles. The van der Waals surface area contributed by atoms with E-state index in [2.05, 4.69) is 20.4 Å². The van der Waals surface area contributed by atoms with Gasteiger partial charge < -0.3 is 14.6 Å². The lowest BCUT2D eigenvalue weighted by molar-refractivity contribution is 0.0996. The van der Waals surface area contributed by atoms with Gasteiger partial charge in [0.05, 0.1) is 12.0 Å². The van der Waals surface area contributed by atoms with Crippen LogP contribution >= 0.6 is 0 Å². The van der Waals surface area contributed by atoms with Crippen LogP contribution in [0.25, 0.3) is 11.3 Å². The van der Waals surface area contributed by atoms with E-state index >= 15 is 0 Å². The molecular formula is C21H22N4O2. The number of nitrogens with zero attached hydrogens (tertiary/aromatic N) is 3. The summed E-state index contributed by atoms with van der Waals surface area (Å²) in [5, 5.41) is 11.6. The lowest BCUT2D eigenvalue weighted by Gasteiger charge is -2.20. The van der Waals surface area contributed by atoms with Crippen molar-refractivity contribution >= 4 is 17.4 Å². The highest BCUT2D eigenvalue weighted by molar-refractivity contribution is 6.02. The molecule has 0 bridgehead atoms. The molecule has 1 N–H and O–H groups in total. The van der Waals surface area contributed by atoms with Crippen LogP contribution in [0, 0.1) is 0 Å². The topological polar surface area (TPSA) is 71.3 Å². The number of hydrogen-bond donors (Lipinski definition) is 1. The molecule has 6 nitrogen and oxygen atoms in total. The molecule has 6 heteroatoms. The molecule has 0 unspecified atom stereocenters. The summed E-state index contributed by atoms with van der Waals surface area (Å²) in [6.07, 6.45) is 6.50. The smallest absolute Gasteiger partial charge is 0.291 e. The van der Waals surface area contributed by atoms with Gasteiger partial charge in [-0.15, -0.1) is 10.2 Å². The minimum atomic E-state index is -0.269. The molecular weight excluding hydrogens is 340 g/mol. The van der Waals surface area contributed by atoms with Gasteiger partial charge in [0.25, 0.3) is 5.91 Å². The fourth-order valence-electron chi connectivity index (χ4n) is 3.27. The fraction of sp³-hybridized carbons (Fsp3) is 0.286. The zero-order valence-electron chi connectivity index (χ0n) is 15.1. The van der Waals surface area contributed by atoms with Crippen LogP contribution in [0.1, 0.15) is 36.2 Å². The van der Waals surface area contributed by atoms with Crippen molar-refractivity contribution in [3.8, 4) is 11.3 Å². The maximum Gasteiger partial charge on any atom is 0.291 e. The number of nitrogens with one attached hydrogen (secondary N) is 1. The molecule has 4 rings (SSSR count). The van der Waals surface area contributed by atoms with Crippen LogP contribution in [-0.4, -0.2) is 29.2 Å². The van der Waals surface area contributed by atoms with Crippen molar-refractivity contribution < 1.29 is 9.21 Å². The molecule has 138 valence electrons. The van der Waals surface area contributed by atoms with Crippen LogP contribution in [-0.2, 0) is 0 Å². The summed E-state index contributed by atoms with van der Waals surface area (Å²) in [5.74, 6) is 0.964. The molecule has 27 heavy (non-hydrogen) atoms. The summed E-state index contributed by atoms with van der Waals surface area (Å²) < 4.78 is 5.10. The van der Waals surface area contributed by atoms with Crippen LogP contribution in [0.4, 0.5) is 11.5 Å². The molecule has 1 saturated heterocycles. The quantitative estimate of drug-likeness (QED) is 0.746. The third-order valence-electron chi connectivity index (χ3n) is 4.76. The second-order valence-electron chi connectivity index (χ2n) is 6.69. The Bertz CT molecular complexity index is 866. The highest BCUT2D eigenvalue weighted by atomic mass is 16.3. The van der Waals surface area contributed by atoms with Crippen molar-refractivity contribution in [1.82, 2.24) is 10.2 Å². The summed E-state index contributed by atoms with van der Waals surface area (Å²) in [7, 11) is 0. The molecule has 0 atom stereocenters. The number of carbonyl (C=O) groups is 1. The summed E-state index contributed by atoms with van der Waals surface area (Å²) in [6, 6.07) is 14.9. The predicted molar refractivity (Wildman–Crippen MR) is 105 cm³/mol. The average molecular weight is 362 g/mol. The Morgan fingerprint density at radius 1 is 0.926 bits per heavy atom. The summed E-state index contributed by atoms with van der Waals surface area (Å²) in [4.78, 5) is 14.3. The lowest BCUT2D eigenvalue weighted by Crippen LogP contribution is -2.25. The number of amides is 1. The Morgan fingerprint density at radius 2 is 1.70 bits per heavy atom. The zero-order valence-corrected chi connectivity index (χ0v) is 15.1. The maximum atomic E-state index is 12.0. The normalized spacial score (nSPS) is 14.6. The summed E-state index contributed by atoms with van der Waals surface area (Å²) >= 11 is 0. The van der Waals surface area contributed by atoms with E-state index in [1.165, 1.54) is 31.9 Å². The molecule has 1 aliphatic heterocycles. The third-order valence-corrected chi connectivity index (χ3v) is 4.76. The van der Waals surface area contributed by atoms with E-state index < -0.39 is 0 Å². The van der Waals surface area contributed by atoms with Gasteiger partial charge in [-0.3, -0.25) is 4.79 Å². The van der Waals surface area contributed by atoms with E-state index in [1.807, 2.05) is 36.4 Å². The molecule has 1 amide bonds. The van der Waals surface area contributed by atoms with Crippen molar-refractivity contribution in [3.05, 3.63) is 60.6 Å². The van der Waals surface area contributed by atoms with E-state index in [0.29, 0.717) is 5.69 Å². The zero-order chi connectivity index (χ0) is 18.5. The molecule has 2 aromatic heterocycles. The maximum absolute atomic E-state index is 12.0. The van der Waals surface area contributed by atoms with Crippen molar-refractivity contribution in [2.45, 2.75) is 25.7 Å². The van der Waals surface area contributed by atoms with E-state index in [4.69, 9.17) is 4.42 Å². The fourth-order valence-corrected chi connectivity index (χ4v) is 3.27. The van der Waals surface area contributed by atoms with Gasteiger partial charge in [-0.1, -0.05) is 25.0 Å². The number of furan rings is 1. The van der Waals surface area contributed by atoms with Crippen LogP contribution in [0.3, 0.4) is 0 Å². The first kappa shape index (κ1) is 17.3. The number of rotatable bonds is 4. The lowest BCUT2D eigenvalue weighted by atomic mass is 10.1. The van der Waals surface area contributed by atoms with Gasteiger partial charge in [0.15, 0.2) is 11.6 Å². The molecule has 3 heterocycles. The molecule has 1 fully saturated rings. The Hall–Kier alpha value is -3.15. The van der Waals surface area contributed by atoms with Crippen molar-refractivity contribution in [2.75, 3.05) is 23.3 Å². The highest BCUT2D eigenvalue weighted by Gasteiger charge is 2.12. The first-order valence-corrected chi connectivity index (χ1v) is 9.33. The van der Waals surface area contributed by atoms with E-state index in [9.17, 15) is 4.79 Å². The molecule has 3 aromatic rings. The van der Waals surface area contributed by atoms with Crippen molar-refractivity contribution in [3.63, 3.8) is 0 Å². The van der Waals surface area contributed by atoms with Gasteiger partial charge in [0.1, 0.15) is 0 Å². The van der Waals surface area contributed by atoms with Crippen LogP contribution in [0.5, 0.6) is 0 Å². The molecule has 1 aromatic carbocycles. The van der Waals surface area contributed by atoms with Gasteiger partial charge >= 0.3 is 0 Å². The first-order valence-electron chi connectivity index (χ1n) is 9.33. The van der Waals surface area contributed by atoms with Gasteiger partial charge in [0, 0.05) is 24.3 Å². The Kier molecular flexibility index (Phi) is 5.14. The van der Waals surface area contributed by atoms with Gasteiger partial charge in [-0.25, -0.2) is 0 Å². The molecule has 0 saturated carbocycles. The minimum absolute atomic E-state index is 0.269. The van der Waals surface area contributed by atoms with Crippen molar-refractivity contribution in [1.29, 1.82) is 0 Å². The van der Waals surface area contributed by atoms with Crippen LogP contribution < -0.4 is 10.2 Å². The monoisotopic (exact) mass is 362 g/mol. The third kappa shape index (κ3) is 4.16. The number of benzene rings is 1. The Morgan fingerprint density at radius 3 is 2.33 bits per heavy atom. The van der Waals surface area contributed by atoms with Crippen LogP contribution in [0.2, 0.25) is 0 Å². The molecule has 0 radical (unpaired) electrons. The average Bonchev–Trinajstić information content (AvgIpc) is 3.12. The van der Waals surface area contributed by atoms with Gasteiger partial charge in [-0.05, 0) is 49.2 Å². The van der Waals surface area contributed by atoms with Crippen molar-refractivity contribution in [2.24, 2.45) is 0 Å². The minimum Gasteiger partial charge on any atom is -0.459 e. The van der Waals surface area contributed by atoms with Gasteiger partial charge in [0.2, 0.25) is 0 Å². The summed E-state index contributed by atoms with van der Waals surface area (Å²) in [6.45, 7) is 2.11. The van der Waals surface area contributed by atoms with Crippen LogP contribution in [0.15, 0.2) is 59.2 Å². The standard InChI is InChI=1S/C21H22N4O2/c26-21(19-6-5-15-27-19)22-17-9-7-16(8-10-17)18-11-12-20(24-23-18)25-13-3-1-2-4-14-25/h5-12,15H,1-4,13-14H2,(H,22,26). The molecule has 1 aliphatic rings. The Balaban J connectivity index is 1.43. The van der Waals surface area contributed by atoms with E-state index in [1.54, 1.807) is 12.1 Å². The van der Waals surface area contributed by atoms with Gasteiger partial charge in [-0.2, -0.15) is 0 Å². The summed E-state index contributed by atoms with van der Waals surface area (Å²) in [5.41, 5.74) is 2.48. The largest absolute Gasteiger partial charge is 0.459 e. The molecule has 0 spiro atoms. The first-order chi connectivity index (χ1) is 13.3. The second kappa shape index (κ2) is 8.03. The predicted octanol–water partition coefficient (Wildman–Crippen LogP) is 4.37. The SMILES string of the molecule is O=C(Nc1ccc(-c2ccc(N3CCCCCC3)nn2)cc1)c1ccco1. The Labute approximate surface area is 158 Å². The number of aromatic nitrogens is 2. The number of carbonyl (C=O) groups excluding carboxylic acids is 1. The highest BCUT2D eigenvalue weighted by Crippen LogP contribution is 2.22.